The Kier molecular flexibility index (Phi) is 22.7. The first-order valence-corrected chi connectivity index (χ1v) is 8.96. The molecule has 0 aromatic heterocycles. The van der Waals surface area contributed by atoms with E-state index in [9.17, 15) is 4.79 Å². The number of hydrogen-bond acceptors (Lipinski definition) is 2. The topological polar surface area (TPSA) is 26.3 Å². The molecule has 0 N–H and O–H groups in total. The van der Waals surface area contributed by atoms with Crippen molar-refractivity contribution >= 4 is 29.9 Å². The van der Waals surface area contributed by atoms with E-state index in [0.29, 0.717) is 13.0 Å². The molecule has 0 aliphatic carbocycles. The Morgan fingerprint density at radius 3 is 1.62 bits per heavy atom. The second-order valence-corrected chi connectivity index (χ2v) is 5.86. The molecule has 0 aromatic rings. The number of rotatable bonds is 15. The summed E-state index contributed by atoms with van der Waals surface area (Å²) < 4.78 is 5.25. The molecular weight excluding hydrogens is 367 g/mol. The summed E-state index contributed by atoms with van der Waals surface area (Å²) in [6.07, 6.45) is 16.8. The second kappa shape index (κ2) is 20.3. The number of carbonyl (C=O) groups excluding carboxylic acids is 1. The van der Waals surface area contributed by atoms with Gasteiger partial charge in [0.2, 0.25) is 0 Å². The fourth-order valence-corrected chi connectivity index (χ4v) is 2.37. The minimum absolute atomic E-state index is 0. The van der Waals surface area contributed by atoms with Crippen molar-refractivity contribution < 1.29 is 9.53 Å². The second-order valence-electron chi connectivity index (χ2n) is 5.86. The molecule has 0 amide bonds. The summed E-state index contributed by atoms with van der Waals surface area (Å²) in [4.78, 5) is 11.5. The summed E-state index contributed by atoms with van der Waals surface area (Å²) in [6.45, 7) is 5.09. The maximum absolute atomic E-state index is 11.5. The van der Waals surface area contributed by atoms with Crippen LogP contribution in [0.2, 0.25) is 0 Å². The SMILES string of the molecule is CCCCCCCCCC(=O)OCCCCCCCC.[SnH4]. The van der Waals surface area contributed by atoms with Gasteiger partial charge >= 0.3 is 29.9 Å². The molecule has 21 heavy (non-hydrogen) atoms. The van der Waals surface area contributed by atoms with Crippen molar-refractivity contribution in [3.05, 3.63) is 0 Å². The number of hydrogen-bond donors (Lipinski definition) is 0. The van der Waals surface area contributed by atoms with Gasteiger partial charge in [-0.2, -0.15) is 0 Å². The molecule has 0 aliphatic heterocycles. The standard InChI is InChI=1S/C18H36O2.Sn.4H/c1-3-5-7-9-11-12-14-16-18(19)20-17-15-13-10-8-6-4-2;;;;;/h3-17H2,1-2H3;;;;;. The summed E-state index contributed by atoms with van der Waals surface area (Å²) in [5, 5.41) is 0. The van der Waals surface area contributed by atoms with Gasteiger partial charge in [-0.15, -0.1) is 0 Å². The molecule has 0 spiro atoms. The van der Waals surface area contributed by atoms with Gasteiger partial charge in [0.25, 0.3) is 0 Å². The summed E-state index contributed by atoms with van der Waals surface area (Å²) >= 11 is 0. The number of unbranched alkanes of at least 4 members (excludes halogenated alkanes) is 11. The third-order valence-corrected chi connectivity index (χ3v) is 3.75. The number of ether oxygens (including phenoxy) is 1. The molecule has 0 heterocycles. The van der Waals surface area contributed by atoms with Gasteiger partial charge in [0.1, 0.15) is 0 Å². The van der Waals surface area contributed by atoms with E-state index in [1.54, 1.807) is 0 Å². The van der Waals surface area contributed by atoms with Gasteiger partial charge in [0.05, 0.1) is 6.61 Å². The van der Waals surface area contributed by atoms with Crippen molar-refractivity contribution in [3.63, 3.8) is 0 Å². The molecule has 0 saturated heterocycles. The quantitative estimate of drug-likeness (QED) is 0.226. The zero-order chi connectivity index (χ0) is 14.9. The molecule has 3 heteroatoms. The zero-order valence-corrected chi connectivity index (χ0v) is 13.9. The van der Waals surface area contributed by atoms with E-state index in [1.165, 1.54) is 70.6 Å². The van der Waals surface area contributed by atoms with Crippen LogP contribution in [0.15, 0.2) is 0 Å². The molecular formula is C18H40O2Sn. The zero-order valence-electron chi connectivity index (χ0n) is 13.9. The molecule has 0 bridgehead atoms. The Morgan fingerprint density at radius 2 is 1.10 bits per heavy atom. The first-order valence-electron chi connectivity index (χ1n) is 8.96. The Morgan fingerprint density at radius 1 is 0.667 bits per heavy atom. The van der Waals surface area contributed by atoms with E-state index >= 15 is 0 Å². The third-order valence-electron chi connectivity index (χ3n) is 3.75. The van der Waals surface area contributed by atoms with Gasteiger partial charge in [0, 0.05) is 6.42 Å². The molecule has 2 nitrogen and oxygen atoms in total. The normalized spacial score (nSPS) is 10.2. The molecule has 0 rings (SSSR count). The Labute approximate surface area is 149 Å². The van der Waals surface area contributed by atoms with Crippen molar-refractivity contribution in [2.75, 3.05) is 6.61 Å². The average Bonchev–Trinajstić information content (AvgIpc) is 2.45. The average molecular weight is 407 g/mol. The van der Waals surface area contributed by atoms with Gasteiger partial charge in [-0.1, -0.05) is 84.5 Å². The molecule has 0 atom stereocenters. The van der Waals surface area contributed by atoms with E-state index in [0.717, 1.165) is 12.8 Å². The van der Waals surface area contributed by atoms with Crippen LogP contribution in [0.5, 0.6) is 0 Å². The Hall–Kier alpha value is 0.269. The summed E-state index contributed by atoms with van der Waals surface area (Å²) in [7, 11) is 0. The third kappa shape index (κ3) is 20.3. The van der Waals surface area contributed by atoms with Gasteiger partial charge in [-0.25, -0.2) is 0 Å². The Bertz CT molecular complexity index is 187. The molecule has 0 aromatic carbocycles. The van der Waals surface area contributed by atoms with Crippen molar-refractivity contribution in [2.24, 2.45) is 0 Å². The van der Waals surface area contributed by atoms with Gasteiger partial charge in [-0.3, -0.25) is 4.79 Å². The summed E-state index contributed by atoms with van der Waals surface area (Å²) in [5.74, 6) is 0.00659. The molecule has 0 aliphatic rings. The van der Waals surface area contributed by atoms with Crippen LogP contribution >= 0.6 is 0 Å². The van der Waals surface area contributed by atoms with Crippen molar-refractivity contribution in [1.82, 2.24) is 0 Å². The van der Waals surface area contributed by atoms with E-state index in [4.69, 9.17) is 4.74 Å². The maximum atomic E-state index is 11.5. The van der Waals surface area contributed by atoms with Crippen LogP contribution in [0, 0.1) is 0 Å². The van der Waals surface area contributed by atoms with Crippen LogP contribution in [0.3, 0.4) is 0 Å². The minimum atomic E-state index is 0. The molecule has 0 radical (unpaired) electrons. The van der Waals surface area contributed by atoms with E-state index in [-0.39, 0.29) is 29.9 Å². The number of carbonyl (C=O) groups is 1. The van der Waals surface area contributed by atoms with Crippen LogP contribution in [-0.2, 0) is 9.53 Å². The first kappa shape index (κ1) is 23.5. The Balaban J connectivity index is 0. The van der Waals surface area contributed by atoms with E-state index in [1.807, 2.05) is 0 Å². The van der Waals surface area contributed by atoms with Crippen molar-refractivity contribution in [2.45, 2.75) is 104 Å². The van der Waals surface area contributed by atoms with Crippen LogP contribution < -0.4 is 0 Å². The van der Waals surface area contributed by atoms with Crippen LogP contribution in [0.1, 0.15) is 104 Å². The van der Waals surface area contributed by atoms with Gasteiger partial charge in [0.15, 0.2) is 0 Å². The van der Waals surface area contributed by atoms with E-state index in [2.05, 4.69) is 13.8 Å². The fourth-order valence-electron chi connectivity index (χ4n) is 2.37. The van der Waals surface area contributed by atoms with E-state index < -0.39 is 0 Å². The van der Waals surface area contributed by atoms with Crippen LogP contribution in [0.4, 0.5) is 0 Å². The molecule has 128 valence electrons. The number of esters is 1. The van der Waals surface area contributed by atoms with Gasteiger partial charge < -0.3 is 4.74 Å². The van der Waals surface area contributed by atoms with Crippen LogP contribution in [0.25, 0.3) is 0 Å². The fraction of sp³-hybridized carbons (Fsp3) is 0.944. The van der Waals surface area contributed by atoms with Crippen molar-refractivity contribution in [3.8, 4) is 0 Å². The monoisotopic (exact) mass is 408 g/mol. The summed E-state index contributed by atoms with van der Waals surface area (Å²) in [5.41, 5.74) is 0. The first-order chi connectivity index (χ1) is 9.81. The summed E-state index contributed by atoms with van der Waals surface area (Å²) in [6, 6.07) is 0. The van der Waals surface area contributed by atoms with Crippen molar-refractivity contribution in [1.29, 1.82) is 0 Å². The molecule has 0 unspecified atom stereocenters. The predicted octanol–water partition coefficient (Wildman–Crippen LogP) is 4.58. The molecule has 0 fully saturated rings. The van der Waals surface area contributed by atoms with Crippen LogP contribution in [-0.4, -0.2) is 36.5 Å². The predicted molar refractivity (Wildman–Crippen MR) is 98.3 cm³/mol. The molecule has 0 saturated carbocycles. The van der Waals surface area contributed by atoms with Gasteiger partial charge in [-0.05, 0) is 12.8 Å².